The van der Waals surface area contributed by atoms with E-state index in [0.717, 1.165) is 44.1 Å². The molecule has 1 aliphatic rings. The molecule has 1 saturated heterocycles. The number of carbonyl (C=O) groups excluding carboxylic acids is 1. The highest BCUT2D eigenvalue weighted by molar-refractivity contribution is 5.90. The van der Waals surface area contributed by atoms with Crippen molar-refractivity contribution < 1.29 is 18.4 Å². The van der Waals surface area contributed by atoms with E-state index in [0.29, 0.717) is 29.3 Å². The molecule has 0 radical (unpaired) electrons. The predicted octanol–water partition coefficient (Wildman–Crippen LogP) is 3.59. The second-order valence-electron chi connectivity index (χ2n) is 7.61. The summed E-state index contributed by atoms with van der Waals surface area (Å²) in [5, 5.41) is 6.86. The molecule has 3 aromatic rings. The number of amides is 1. The van der Waals surface area contributed by atoms with E-state index in [4.69, 9.17) is 9.26 Å². The molecular formula is C23H25FN4O3. The Labute approximate surface area is 180 Å². The first-order valence-corrected chi connectivity index (χ1v) is 10.3. The maximum absolute atomic E-state index is 13.4. The Morgan fingerprint density at radius 3 is 2.84 bits per heavy atom. The van der Waals surface area contributed by atoms with Crippen LogP contribution in [0, 0.1) is 12.7 Å². The van der Waals surface area contributed by atoms with E-state index in [1.54, 1.807) is 19.1 Å². The molecule has 1 N–H and O–H groups in total. The SMILES string of the molecule is Cc1cc(-c2noc(CCC(=O)Nc3cccc(CN4CCOCC4)c3)n2)ccc1F. The number of aromatic nitrogens is 2. The fourth-order valence-corrected chi connectivity index (χ4v) is 3.47. The average Bonchev–Trinajstić information content (AvgIpc) is 3.24. The van der Waals surface area contributed by atoms with E-state index >= 15 is 0 Å². The van der Waals surface area contributed by atoms with Crippen LogP contribution in [0.4, 0.5) is 10.1 Å². The van der Waals surface area contributed by atoms with Gasteiger partial charge in [0.05, 0.1) is 13.2 Å². The number of hydrogen-bond acceptors (Lipinski definition) is 6. The van der Waals surface area contributed by atoms with E-state index in [-0.39, 0.29) is 18.1 Å². The third kappa shape index (κ3) is 5.74. The number of nitrogens with one attached hydrogen (secondary N) is 1. The highest BCUT2D eigenvalue weighted by Gasteiger charge is 2.13. The number of aryl methyl sites for hydroxylation is 2. The molecule has 1 amide bonds. The van der Waals surface area contributed by atoms with Crippen LogP contribution in [-0.2, 0) is 22.5 Å². The van der Waals surface area contributed by atoms with Gasteiger partial charge in [0, 0.05) is 43.7 Å². The van der Waals surface area contributed by atoms with Gasteiger partial charge in [-0.05, 0) is 48.4 Å². The monoisotopic (exact) mass is 424 g/mol. The van der Waals surface area contributed by atoms with Gasteiger partial charge in [-0.25, -0.2) is 4.39 Å². The molecule has 1 fully saturated rings. The minimum atomic E-state index is -0.279. The first-order chi connectivity index (χ1) is 15.1. The Morgan fingerprint density at radius 1 is 1.19 bits per heavy atom. The maximum atomic E-state index is 13.4. The third-order valence-corrected chi connectivity index (χ3v) is 5.17. The van der Waals surface area contributed by atoms with Crippen molar-refractivity contribution in [1.29, 1.82) is 0 Å². The fraction of sp³-hybridized carbons (Fsp3) is 0.348. The molecule has 0 unspecified atom stereocenters. The van der Waals surface area contributed by atoms with Crippen molar-refractivity contribution in [2.24, 2.45) is 0 Å². The van der Waals surface area contributed by atoms with Gasteiger partial charge in [0.1, 0.15) is 5.82 Å². The Hall–Kier alpha value is -3.10. The molecular weight excluding hydrogens is 399 g/mol. The van der Waals surface area contributed by atoms with Gasteiger partial charge in [-0.2, -0.15) is 4.98 Å². The van der Waals surface area contributed by atoms with Crippen LogP contribution in [0.3, 0.4) is 0 Å². The summed E-state index contributed by atoms with van der Waals surface area (Å²) in [6, 6.07) is 12.5. The van der Waals surface area contributed by atoms with Crippen LogP contribution in [0.2, 0.25) is 0 Å². The van der Waals surface area contributed by atoms with Gasteiger partial charge in [0.15, 0.2) is 0 Å². The summed E-state index contributed by atoms with van der Waals surface area (Å²) in [5.41, 5.74) is 3.11. The van der Waals surface area contributed by atoms with Gasteiger partial charge >= 0.3 is 0 Å². The largest absolute Gasteiger partial charge is 0.379 e. The van der Waals surface area contributed by atoms with Crippen molar-refractivity contribution in [3.8, 4) is 11.4 Å². The zero-order chi connectivity index (χ0) is 21.6. The normalized spacial score (nSPS) is 14.5. The molecule has 2 heterocycles. The Kier molecular flexibility index (Phi) is 6.69. The lowest BCUT2D eigenvalue weighted by molar-refractivity contribution is -0.116. The van der Waals surface area contributed by atoms with Crippen molar-refractivity contribution in [3.05, 3.63) is 65.3 Å². The lowest BCUT2D eigenvalue weighted by Gasteiger charge is -2.26. The number of nitrogens with zero attached hydrogens (tertiary/aromatic N) is 3. The molecule has 1 aromatic heterocycles. The number of benzene rings is 2. The van der Waals surface area contributed by atoms with E-state index < -0.39 is 0 Å². The van der Waals surface area contributed by atoms with Gasteiger partial charge in [-0.1, -0.05) is 17.3 Å². The summed E-state index contributed by atoms with van der Waals surface area (Å²) >= 11 is 0. The summed E-state index contributed by atoms with van der Waals surface area (Å²) in [6.45, 7) is 5.87. The molecule has 0 bridgehead atoms. The summed E-state index contributed by atoms with van der Waals surface area (Å²) in [7, 11) is 0. The van der Waals surface area contributed by atoms with Crippen molar-refractivity contribution in [2.45, 2.75) is 26.3 Å². The minimum Gasteiger partial charge on any atom is -0.379 e. The first kappa shape index (κ1) is 21.1. The number of anilines is 1. The zero-order valence-electron chi connectivity index (χ0n) is 17.4. The van der Waals surface area contributed by atoms with E-state index in [9.17, 15) is 9.18 Å². The first-order valence-electron chi connectivity index (χ1n) is 10.3. The lowest BCUT2D eigenvalue weighted by Crippen LogP contribution is -2.35. The number of hydrogen-bond donors (Lipinski definition) is 1. The van der Waals surface area contributed by atoms with Crippen LogP contribution in [0.15, 0.2) is 47.0 Å². The Bertz CT molecular complexity index is 1050. The smallest absolute Gasteiger partial charge is 0.227 e. The number of ether oxygens (including phenoxy) is 1. The molecule has 4 rings (SSSR count). The van der Waals surface area contributed by atoms with E-state index in [1.165, 1.54) is 6.07 Å². The maximum Gasteiger partial charge on any atom is 0.227 e. The molecule has 7 nitrogen and oxygen atoms in total. The molecule has 0 saturated carbocycles. The summed E-state index contributed by atoms with van der Waals surface area (Å²) in [6.07, 6.45) is 0.546. The minimum absolute atomic E-state index is 0.124. The third-order valence-electron chi connectivity index (χ3n) is 5.17. The Morgan fingerprint density at radius 2 is 2.03 bits per heavy atom. The zero-order valence-corrected chi connectivity index (χ0v) is 17.4. The average molecular weight is 424 g/mol. The molecule has 31 heavy (non-hydrogen) atoms. The highest BCUT2D eigenvalue weighted by Crippen LogP contribution is 2.20. The molecule has 162 valence electrons. The van der Waals surface area contributed by atoms with Crippen LogP contribution in [0.25, 0.3) is 11.4 Å². The van der Waals surface area contributed by atoms with Crippen LogP contribution in [0.1, 0.15) is 23.4 Å². The van der Waals surface area contributed by atoms with Gasteiger partial charge in [-0.3, -0.25) is 9.69 Å². The van der Waals surface area contributed by atoms with Crippen molar-refractivity contribution in [2.75, 3.05) is 31.6 Å². The number of rotatable bonds is 7. The highest BCUT2D eigenvalue weighted by atomic mass is 19.1. The van der Waals surface area contributed by atoms with Crippen molar-refractivity contribution in [3.63, 3.8) is 0 Å². The standard InChI is InChI=1S/C23H25FN4O3/c1-16-13-18(5-6-20(16)24)23-26-22(31-27-23)8-7-21(29)25-19-4-2-3-17(14-19)15-28-9-11-30-12-10-28/h2-6,13-14H,7-12,15H2,1H3,(H,25,29). The molecule has 1 aliphatic heterocycles. The van der Waals surface area contributed by atoms with E-state index in [1.807, 2.05) is 18.2 Å². The molecule has 0 aliphatic carbocycles. The second-order valence-corrected chi connectivity index (χ2v) is 7.61. The molecule has 2 aromatic carbocycles. The fourth-order valence-electron chi connectivity index (χ4n) is 3.47. The van der Waals surface area contributed by atoms with Crippen molar-refractivity contribution in [1.82, 2.24) is 15.0 Å². The van der Waals surface area contributed by atoms with E-state index in [2.05, 4.69) is 26.4 Å². The topological polar surface area (TPSA) is 80.5 Å². The van der Waals surface area contributed by atoms with Crippen molar-refractivity contribution >= 4 is 11.6 Å². The van der Waals surface area contributed by atoms with Crippen LogP contribution in [-0.4, -0.2) is 47.3 Å². The Balaban J connectivity index is 1.30. The lowest BCUT2D eigenvalue weighted by atomic mass is 10.1. The van der Waals surface area contributed by atoms with Gasteiger partial charge in [-0.15, -0.1) is 0 Å². The predicted molar refractivity (Wildman–Crippen MR) is 114 cm³/mol. The molecule has 0 atom stereocenters. The summed E-state index contributed by atoms with van der Waals surface area (Å²) in [4.78, 5) is 19.0. The second kappa shape index (κ2) is 9.80. The van der Waals surface area contributed by atoms with Crippen LogP contribution in [0.5, 0.6) is 0 Å². The molecule has 8 heteroatoms. The van der Waals surface area contributed by atoms with Gasteiger partial charge in [0.2, 0.25) is 17.6 Å². The van der Waals surface area contributed by atoms with Gasteiger partial charge < -0.3 is 14.6 Å². The number of carbonyl (C=O) groups is 1. The summed E-state index contributed by atoms with van der Waals surface area (Å²) < 4.78 is 24.1. The molecule has 0 spiro atoms. The number of morpholine rings is 1. The van der Waals surface area contributed by atoms with Gasteiger partial charge in [0.25, 0.3) is 0 Å². The van der Waals surface area contributed by atoms with Crippen LogP contribution >= 0.6 is 0 Å². The van der Waals surface area contributed by atoms with Crippen LogP contribution < -0.4 is 5.32 Å². The quantitative estimate of drug-likeness (QED) is 0.624. The summed E-state index contributed by atoms with van der Waals surface area (Å²) in [5.74, 6) is 0.349. The number of halogens is 1.